The van der Waals surface area contributed by atoms with E-state index in [1.807, 2.05) is 0 Å². The Morgan fingerprint density at radius 1 is 1.30 bits per heavy atom. The Kier molecular flexibility index (Phi) is 3.97. The maximum atomic E-state index is 11.9. The molecule has 1 aromatic carbocycles. The number of carboxylic acids is 1. The maximum absolute atomic E-state index is 11.9. The minimum absolute atomic E-state index is 0.0128. The van der Waals surface area contributed by atoms with Crippen molar-refractivity contribution in [3.05, 3.63) is 28.8 Å². The highest BCUT2D eigenvalue weighted by Gasteiger charge is 2.29. The van der Waals surface area contributed by atoms with Gasteiger partial charge in [-0.05, 0) is 49.9 Å². The van der Waals surface area contributed by atoms with Gasteiger partial charge in [0.25, 0.3) is 5.91 Å². The summed E-state index contributed by atoms with van der Waals surface area (Å²) in [4.78, 5) is 24.6. The van der Waals surface area contributed by atoms with Gasteiger partial charge in [-0.1, -0.05) is 0 Å². The summed E-state index contributed by atoms with van der Waals surface area (Å²) in [5.41, 5.74) is 1.68. The van der Waals surface area contributed by atoms with Gasteiger partial charge in [-0.25, -0.2) is 4.79 Å². The van der Waals surface area contributed by atoms with Crippen molar-refractivity contribution in [1.29, 1.82) is 0 Å². The quantitative estimate of drug-likeness (QED) is 0.894. The number of nitrogens with zero attached hydrogens (tertiary/aromatic N) is 1. The molecule has 0 unspecified atom stereocenters. The summed E-state index contributed by atoms with van der Waals surface area (Å²) in [5.74, 6) is -0.423. The molecular formula is C15H19NO4. The monoisotopic (exact) mass is 277 g/mol. The summed E-state index contributed by atoms with van der Waals surface area (Å²) in [6.45, 7) is 3.55. The van der Waals surface area contributed by atoms with E-state index >= 15 is 0 Å². The predicted molar refractivity (Wildman–Crippen MR) is 74.2 cm³/mol. The van der Waals surface area contributed by atoms with E-state index in [0.29, 0.717) is 11.8 Å². The van der Waals surface area contributed by atoms with Crippen molar-refractivity contribution in [2.45, 2.75) is 32.7 Å². The molecule has 5 heteroatoms. The zero-order valence-electron chi connectivity index (χ0n) is 12.0. The first-order valence-corrected chi connectivity index (χ1v) is 6.63. The van der Waals surface area contributed by atoms with Crippen molar-refractivity contribution in [1.82, 2.24) is 4.90 Å². The smallest absolute Gasteiger partial charge is 0.335 e. The number of hydrogen-bond donors (Lipinski definition) is 1. The summed E-state index contributed by atoms with van der Waals surface area (Å²) >= 11 is 0. The lowest BCUT2D eigenvalue weighted by molar-refractivity contribution is -0.132. The molecule has 108 valence electrons. The lowest BCUT2D eigenvalue weighted by Crippen LogP contribution is -2.33. The van der Waals surface area contributed by atoms with Crippen molar-refractivity contribution < 1.29 is 19.4 Å². The average molecular weight is 277 g/mol. The van der Waals surface area contributed by atoms with Gasteiger partial charge in [-0.2, -0.15) is 0 Å². The first-order chi connectivity index (χ1) is 9.40. The van der Waals surface area contributed by atoms with E-state index in [9.17, 15) is 9.59 Å². The highest BCUT2D eigenvalue weighted by molar-refractivity contribution is 5.88. The van der Waals surface area contributed by atoms with E-state index in [-0.39, 0.29) is 18.1 Å². The van der Waals surface area contributed by atoms with Gasteiger partial charge in [0.2, 0.25) is 0 Å². The number of carbonyl (C=O) groups is 2. The molecule has 1 amide bonds. The largest absolute Gasteiger partial charge is 0.483 e. The number of amides is 1. The number of carboxylic acid groups (broad SMARTS) is 1. The molecule has 0 atom stereocenters. The van der Waals surface area contributed by atoms with Crippen LogP contribution in [0.15, 0.2) is 12.1 Å². The summed E-state index contributed by atoms with van der Waals surface area (Å²) in [6, 6.07) is 3.47. The number of rotatable bonds is 5. The summed E-state index contributed by atoms with van der Waals surface area (Å²) in [5, 5.41) is 8.98. The van der Waals surface area contributed by atoms with Crippen LogP contribution in [0.2, 0.25) is 0 Å². The lowest BCUT2D eigenvalue weighted by Gasteiger charge is -2.18. The molecule has 0 aromatic heterocycles. The third-order valence-electron chi connectivity index (χ3n) is 3.54. The van der Waals surface area contributed by atoms with Gasteiger partial charge < -0.3 is 14.7 Å². The maximum Gasteiger partial charge on any atom is 0.335 e. The van der Waals surface area contributed by atoms with Gasteiger partial charge in [0.05, 0.1) is 5.56 Å². The van der Waals surface area contributed by atoms with Crippen molar-refractivity contribution >= 4 is 11.9 Å². The molecule has 0 spiro atoms. The van der Waals surface area contributed by atoms with Gasteiger partial charge in [-0.3, -0.25) is 4.79 Å². The predicted octanol–water partition coefficient (Wildman–Crippen LogP) is 2.00. The number of benzene rings is 1. The van der Waals surface area contributed by atoms with Crippen molar-refractivity contribution in [3.8, 4) is 5.75 Å². The molecule has 1 aliphatic carbocycles. The fraction of sp³-hybridized carbons (Fsp3) is 0.467. The SMILES string of the molecule is Cc1cc(C(=O)O)cc(C)c1OCC(=O)N(C)C1CC1. The van der Waals surface area contributed by atoms with Crippen LogP contribution in [0.3, 0.4) is 0 Å². The molecule has 0 aliphatic heterocycles. The van der Waals surface area contributed by atoms with E-state index in [1.165, 1.54) is 0 Å². The van der Waals surface area contributed by atoms with Crippen molar-refractivity contribution in [3.63, 3.8) is 0 Å². The minimum atomic E-state index is -0.965. The Balaban J connectivity index is 2.05. The van der Waals surface area contributed by atoms with Crippen LogP contribution in [0.25, 0.3) is 0 Å². The summed E-state index contributed by atoms with van der Waals surface area (Å²) < 4.78 is 5.58. The number of carbonyl (C=O) groups excluding carboxylic acids is 1. The molecule has 0 radical (unpaired) electrons. The second kappa shape index (κ2) is 5.53. The van der Waals surface area contributed by atoms with Crippen LogP contribution in [0.5, 0.6) is 5.75 Å². The fourth-order valence-electron chi connectivity index (χ4n) is 2.20. The van der Waals surface area contributed by atoms with Gasteiger partial charge in [-0.15, -0.1) is 0 Å². The van der Waals surface area contributed by atoms with E-state index in [0.717, 1.165) is 24.0 Å². The molecule has 2 rings (SSSR count). The zero-order valence-corrected chi connectivity index (χ0v) is 12.0. The molecule has 1 N–H and O–H groups in total. The summed E-state index contributed by atoms with van der Waals surface area (Å²) in [7, 11) is 1.79. The Labute approximate surface area is 118 Å². The zero-order chi connectivity index (χ0) is 14.9. The van der Waals surface area contributed by atoms with Crippen molar-refractivity contribution in [2.75, 3.05) is 13.7 Å². The van der Waals surface area contributed by atoms with Crippen LogP contribution in [-0.4, -0.2) is 41.6 Å². The molecule has 0 bridgehead atoms. The Morgan fingerprint density at radius 2 is 1.85 bits per heavy atom. The van der Waals surface area contributed by atoms with Crippen LogP contribution in [0, 0.1) is 13.8 Å². The van der Waals surface area contributed by atoms with Gasteiger partial charge >= 0.3 is 5.97 Å². The third-order valence-corrected chi connectivity index (χ3v) is 3.54. The fourth-order valence-corrected chi connectivity index (χ4v) is 2.20. The molecule has 20 heavy (non-hydrogen) atoms. The highest BCUT2D eigenvalue weighted by atomic mass is 16.5. The van der Waals surface area contributed by atoms with E-state index < -0.39 is 5.97 Å². The second-order valence-electron chi connectivity index (χ2n) is 5.27. The molecule has 1 aliphatic rings. The number of ether oxygens (including phenoxy) is 1. The molecule has 1 fully saturated rings. The number of hydrogen-bond acceptors (Lipinski definition) is 3. The van der Waals surface area contributed by atoms with Gasteiger partial charge in [0, 0.05) is 13.1 Å². The van der Waals surface area contributed by atoms with Crippen LogP contribution < -0.4 is 4.74 Å². The Hall–Kier alpha value is -2.04. The van der Waals surface area contributed by atoms with Gasteiger partial charge in [0.1, 0.15) is 5.75 Å². The van der Waals surface area contributed by atoms with Crippen molar-refractivity contribution in [2.24, 2.45) is 0 Å². The molecular weight excluding hydrogens is 258 g/mol. The highest BCUT2D eigenvalue weighted by Crippen LogP contribution is 2.27. The van der Waals surface area contributed by atoms with Crippen LogP contribution in [-0.2, 0) is 4.79 Å². The minimum Gasteiger partial charge on any atom is -0.483 e. The van der Waals surface area contributed by atoms with E-state index in [1.54, 1.807) is 37.9 Å². The van der Waals surface area contributed by atoms with Crippen LogP contribution in [0.4, 0.5) is 0 Å². The van der Waals surface area contributed by atoms with Crippen LogP contribution >= 0.6 is 0 Å². The van der Waals surface area contributed by atoms with E-state index in [2.05, 4.69) is 0 Å². The Bertz CT molecular complexity index is 526. The number of aromatic carboxylic acids is 1. The second-order valence-corrected chi connectivity index (χ2v) is 5.27. The van der Waals surface area contributed by atoms with Crippen LogP contribution in [0.1, 0.15) is 34.3 Å². The van der Waals surface area contributed by atoms with E-state index in [4.69, 9.17) is 9.84 Å². The first kappa shape index (κ1) is 14.4. The normalized spacial score (nSPS) is 13.9. The lowest BCUT2D eigenvalue weighted by atomic mass is 10.1. The molecule has 0 heterocycles. The Morgan fingerprint density at radius 3 is 2.30 bits per heavy atom. The molecule has 5 nitrogen and oxygen atoms in total. The first-order valence-electron chi connectivity index (χ1n) is 6.63. The number of likely N-dealkylation sites (N-methyl/N-ethyl adjacent to an activating group) is 1. The third kappa shape index (κ3) is 3.10. The summed E-state index contributed by atoms with van der Waals surface area (Å²) in [6.07, 6.45) is 2.13. The molecule has 0 saturated heterocycles. The topological polar surface area (TPSA) is 66.8 Å². The number of aryl methyl sites for hydroxylation is 2. The average Bonchev–Trinajstić information content (AvgIpc) is 3.20. The standard InChI is InChI=1S/C15H19NO4/c1-9-6-11(15(18)19)7-10(2)14(9)20-8-13(17)16(3)12-4-5-12/h6-7,12H,4-5,8H2,1-3H3,(H,18,19). The van der Waals surface area contributed by atoms with Gasteiger partial charge in [0.15, 0.2) is 6.61 Å². The molecule has 1 aromatic rings. The molecule has 1 saturated carbocycles.